The molecule has 4 amide bonds. The number of carbonyl (C=O) groups excluding carboxylic acids is 3. The van der Waals surface area contributed by atoms with Crippen LogP contribution >= 0.6 is 0 Å². The molecule has 2 aliphatic heterocycles. The van der Waals surface area contributed by atoms with E-state index in [1.807, 2.05) is 26.0 Å². The van der Waals surface area contributed by atoms with E-state index < -0.39 is 18.1 Å². The lowest BCUT2D eigenvalue weighted by atomic mass is 9.99. The zero-order valence-electron chi connectivity index (χ0n) is 17.6. The number of imide groups is 1. The highest BCUT2D eigenvalue weighted by Crippen LogP contribution is 2.30. The predicted molar refractivity (Wildman–Crippen MR) is 117 cm³/mol. The van der Waals surface area contributed by atoms with Gasteiger partial charge in [-0.05, 0) is 50.2 Å². The molecule has 2 aromatic carbocycles. The lowest BCUT2D eigenvalue weighted by molar-refractivity contribution is -0.122. The second-order valence-corrected chi connectivity index (χ2v) is 7.54. The Labute approximate surface area is 180 Å². The number of ether oxygens (including phenoxy) is 1. The molecule has 2 N–H and O–H groups in total. The summed E-state index contributed by atoms with van der Waals surface area (Å²) in [6, 6.07) is 12.2. The fourth-order valence-electron chi connectivity index (χ4n) is 3.83. The smallest absolute Gasteiger partial charge is 0.329 e. The Hall–Kier alpha value is -3.81. The Morgan fingerprint density at radius 2 is 1.77 bits per heavy atom. The van der Waals surface area contributed by atoms with Gasteiger partial charge in [-0.3, -0.25) is 9.59 Å². The Bertz CT molecular complexity index is 1050. The van der Waals surface area contributed by atoms with E-state index >= 15 is 0 Å². The van der Waals surface area contributed by atoms with Crippen LogP contribution in [-0.2, 0) is 9.59 Å². The molecule has 31 heavy (non-hydrogen) atoms. The normalized spacial score (nSPS) is 20.2. The van der Waals surface area contributed by atoms with E-state index in [2.05, 4.69) is 10.6 Å². The van der Waals surface area contributed by atoms with Crippen molar-refractivity contribution in [3.63, 3.8) is 0 Å². The van der Waals surface area contributed by atoms with Crippen LogP contribution in [0.4, 0.5) is 16.2 Å². The molecule has 0 saturated carbocycles. The fraction of sp³-hybridized carbons (Fsp3) is 0.261. The number of nitrogens with zero attached hydrogens (tertiary/aromatic N) is 2. The highest BCUT2D eigenvalue weighted by molar-refractivity contribution is 6.20. The molecule has 160 valence electrons. The van der Waals surface area contributed by atoms with Gasteiger partial charge in [-0.15, -0.1) is 0 Å². The first-order valence-corrected chi connectivity index (χ1v) is 10.1. The molecular formula is C23H24N4O4. The quantitative estimate of drug-likeness (QED) is 0.776. The highest BCUT2D eigenvalue weighted by atomic mass is 16.5. The average molecular weight is 420 g/mol. The first kappa shape index (κ1) is 20.5. The Morgan fingerprint density at radius 1 is 1.10 bits per heavy atom. The monoisotopic (exact) mass is 420 g/mol. The molecule has 2 heterocycles. The molecule has 1 saturated heterocycles. The third-order valence-electron chi connectivity index (χ3n) is 5.37. The summed E-state index contributed by atoms with van der Waals surface area (Å²) in [7, 11) is 1.72. The Balaban J connectivity index is 1.52. The van der Waals surface area contributed by atoms with Crippen molar-refractivity contribution in [2.24, 2.45) is 0 Å². The number of fused-ring (bicyclic) bond motifs is 1. The van der Waals surface area contributed by atoms with Crippen molar-refractivity contribution in [1.82, 2.24) is 10.2 Å². The number of hydrogen-bond acceptors (Lipinski definition) is 5. The van der Waals surface area contributed by atoms with E-state index in [1.54, 1.807) is 54.5 Å². The summed E-state index contributed by atoms with van der Waals surface area (Å²) >= 11 is 0. The summed E-state index contributed by atoms with van der Waals surface area (Å²) in [4.78, 5) is 41.7. The van der Waals surface area contributed by atoms with Crippen molar-refractivity contribution in [2.75, 3.05) is 23.9 Å². The molecule has 8 heteroatoms. The minimum absolute atomic E-state index is 0.326. The molecule has 0 spiro atoms. The average Bonchev–Trinajstić information content (AvgIpc) is 3.07. The summed E-state index contributed by atoms with van der Waals surface area (Å²) in [5.74, 6) is -0.0395. The van der Waals surface area contributed by atoms with E-state index in [-0.39, 0.29) is 11.8 Å². The van der Waals surface area contributed by atoms with Gasteiger partial charge in [-0.25, -0.2) is 9.69 Å². The van der Waals surface area contributed by atoms with Gasteiger partial charge in [0.1, 0.15) is 11.8 Å². The number of carbonyl (C=O) groups is 3. The molecule has 0 radical (unpaired) electrons. The summed E-state index contributed by atoms with van der Waals surface area (Å²) in [5, 5.41) is 5.64. The molecule has 2 unspecified atom stereocenters. The van der Waals surface area contributed by atoms with Crippen molar-refractivity contribution in [3.8, 4) is 5.75 Å². The minimum Gasteiger partial charge on any atom is -0.494 e. The van der Waals surface area contributed by atoms with Gasteiger partial charge in [0, 0.05) is 18.9 Å². The van der Waals surface area contributed by atoms with Crippen molar-refractivity contribution < 1.29 is 19.1 Å². The van der Waals surface area contributed by atoms with Crippen LogP contribution in [0.15, 0.2) is 60.3 Å². The van der Waals surface area contributed by atoms with Crippen LogP contribution in [0.5, 0.6) is 5.75 Å². The van der Waals surface area contributed by atoms with Crippen LogP contribution in [-0.4, -0.2) is 48.5 Å². The first-order valence-electron chi connectivity index (χ1n) is 10.1. The van der Waals surface area contributed by atoms with Gasteiger partial charge in [-0.2, -0.15) is 0 Å². The largest absolute Gasteiger partial charge is 0.494 e. The lowest BCUT2D eigenvalue weighted by Crippen LogP contribution is -2.65. The summed E-state index contributed by atoms with van der Waals surface area (Å²) in [6.45, 7) is 4.39. The maximum atomic E-state index is 13.2. The third-order valence-corrected chi connectivity index (χ3v) is 5.37. The molecule has 0 bridgehead atoms. The summed E-state index contributed by atoms with van der Waals surface area (Å²) in [6.07, 6.45) is 1.61. The van der Waals surface area contributed by atoms with Crippen LogP contribution in [0.3, 0.4) is 0 Å². The number of hydrogen-bond donors (Lipinski definition) is 2. The molecule has 0 aliphatic carbocycles. The Morgan fingerprint density at radius 3 is 2.42 bits per heavy atom. The number of urea groups is 1. The zero-order chi connectivity index (χ0) is 22.1. The Kier molecular flexibility index (Phi) is 5.37. The van der Waals surface area contributed by atoms with Gasteiger partial charge in [0.25, 0.3) is 11.8 Å². The fourth-order valence-corrected chi connectivity index (χ4v) is 3.83. The van der Waals surface area contributed by atoms with Crippen molar-refractivity contribution >= 4 is 29.2 Å². The number of amides is 4. The molecule has 4 rings (SSSR count). The van der Waals surface area contributed by atoms with E-state index in [9.17, 15) is 14.4 Å². The molecule has 2 aromatic rings. The molecule has 1 fully saturated rings. The number of likely N-dealkylation sites (N-methyl/N-ethyl adjacent to an activating group) is 1. The number of anilines is 2. The molecule has 8 nitrogen and oxygen atoms in total. The van der Waals surface area contributed by atoms with Crippen LogP contribution in [0.25, 0.3) is 0 Å². The first-order chi connectivity index (χ1) is 14.9. The predicted octanol–water partition coefficient (Wildman–Crippen LogP) is 2.66. The number of nitrogens with one attached hydrogen (secondary N) is 2. The molecule has 2 aliphatic rings. The highest BCUT2D eigenvalue weighted by Gasteiger charge is 2.49. The van der Waals surface area contributed by atoms with Crippen LogP contribution in [0.2, 0.25) is 0 Å². The van der Waals surface area contributed by atoms with E-state index in [0.717, 1.165) is 10.5 Å². The second kappa shape index (κ2) is 8.14. The third kappa shape index (κ3) is 3.84. The SMILES string of the molecule is CCOc1ccc(NC(=O)C2=CN(C)C3C(=O)N(c4ccc(C)cc4)C(=O)NC23)cc1. The van der Waals surface area contributed by atoms with Gasteiger partial charge >= 0.3 is 6.03 Å². The topological polar surface area (TPSA) is 91.0 Å². The summed E-state index contributed by atoms with van der Waals surface area (Å²) in [5.41, 5.74) is 2.44. The van der Waals surface area contributed by atoms with Crippen molar-refractivity contribution in [3.05, 3.63) is 65.9 Å². The van der Waals surface area contributed by atoms with Gasteiger partial charge < -0.3 is 20.3 Å². The van der Waals surface area contributed by atoms with Gasteiger partial charge in [0.2, 0.25) is 0 Å². The maximum Gasteiger partial charge on any atom is 0.329 e. The van der Waals surface area contributed by atoms with Crippen molar-refractivity contribution in [2.45, 2.75) is 25.9 Å². The lowest BCUT2D eigenvalue weighted by Gasteiger charge is -2.37. The van der Waals surface area contributed by atoms with Crippen LogP contribution in [0, 0.1) is 6.92 Å². The number of benzene rings is 2. The molecular weight excluding hydrogens is 396 g/mol. The van der Waals surface area contributed by atoms with Crippen LogP contribution in [0.1, 0.15) is 12.5 Å². The number of rotatable bonds is 5. The molecule has 0 aromatic heterocycles. The number of aryl methyl sites for hydroxylation is 1. The summed E-state index contributed by atoms with van der Waals surface area (Å²) < 4.78 is 5.41. The molecule has 2 atom stereocenters. The van der Waals surface area contributed by atoms with E-state index in [1.165, 1.54) is 0 Å². The van der Waals surface area contributed by atoms with Gasteiger partial charge in [-0.1, -0.05) is 17.7 Å². The minimum atomic E-state index is -0.727. The second-order valence-electron chi connectivity index (χ2n) is 7.54. The maximum absolute atomic E-state index is 13.2. The van der Waals surface area contributed by atoms with E-state index in [4.69, 9.17) is 4.74 Å². The zero-order valence-corrected chi connectivity index (χ0v) is 17.6. The van der Waals surface area contributed by atoms with Crippen molar-refractivity contribution in [1.29, 1.82) is 0 Å². The standard InChI is InChI=1S/C23H24N4O4/c1-4-31-17-11-7-15(8-12-17)24-21(28)18-13-26(3)20-19(18)25-23(30)27(22(20)29)16-9-5-14(2)6-10-16/h5-13,19-20H,4H2,1-3H3,(H,24,28)(H,25,30). The van der Waals surface area contributed by atoms with Crippen LogP contribution < -0.4 is 20.3 Å². The van der Waals surface area contributed by atoms with Gasteiger partial charge in [0.05, 0.1) is 23.9 Å². The van der Waals surface area contributed by atoms with Gasteiger partial charge in [0.15, 0.2) is 0 Å². The van der Waals surface area contributed by atoms with E-state index in [0.29, 0.717) is 29.3 Å².